The predicted octanol–water partition coefficient (Wildman–Crippen LogP) is 3.87. The smallest absolute Gasteiger partial charge is 0.185 e. The Hall–Kier alpha value is -2.49. The second kappa shape index (κ2) is 6.10. The zero-order chi connectivity index (χ0) is 14.5. The van der Waals surface area contributed by atoms with Gasteiger partial charge in [-0.1, -0.05) is 24.3 Å². The molecule has 0 amide bonds. The Kier molecular flexibility index (Phi) is 4.25. The minimum absolute atomic E-state index is 0.0289. The van der Waals surface area contributed by atoms with E-state index in [0.29, 0.717) is 11.3 Å². The van der Waals surface area contributed by atoms with Crippen LogP contribution in [0.5, 0.6) is 5.75 Å². The summed E-state index contributed by atoms with van der Waals surface area (Å²) in [6.07, 6.45) is 2.45. The van der Waals surface area contributed by atoms with Gasteiger partial charge in [0.05, 0.1) is 7.11 Å². The first-order valence-corrected chi connectivity index (χ1v) is 5.92. The molecule has 2 aromatic rings. The molecule has 0 atom stereocenters. The topological polar surface area (TPSA) is 26.3 Å². The van der Waals surface area contributed by atoms with E-state index >= 15 is 0 Å². The normalized spacial score (nSPS) is 10.8. The Balaban J connectivity index is 2.22. The lowest BCUT2D eigenvalue weighted by Crippen LogP contribution is -1.95. The van der Waals surface area contributed by atoms with E-state index < -0.39 is 11.6 Å². The molecule has 0 bridgehead atoms. The number of rotatable bonds is 4. The van der Waals surface area contributed by atoms with Crippen LogP contribution in [0.15, 0.2) is 48.5 Å². The van der Waals surface area contributed by atoms with E-state index in [0.717, 1.165) is 6.07 Å². The van der Waals surface area contributed by atoms with Crippen molar-refractivity contribution in [1.82, 2.24) is 0 Å². The summed E-state index contributed by atoms with van der Waals surface area (Å²) in [5, 5.41) is 0. The summed E-state index contributed by atoms with van der Waals surface area (Å²) in [6.45, 7) is 0. The van der Waals surface area contributed by atoms with Gasteiger partial charge in [-0.2, -0.15) is 0 Å². The predicted molar refractivity (Wildman–Crippen MR) is 72.7 cm³/mol. The van der Waals surface area contributed by atoms with E-state index in [1.54, 1.807) is 24.3 Å². The highest BCUT2D eigenvalue weighted by molar-refractivity contribution is 6.07. The van der Waals surface area contributed by atoms with Gasteiger partial charge in [0.1, 0.15) is 5.75 Å². The summed E-state index contributed by atoms with van der Waals surface area (Å²) in [5.41, 5.74) is 0.443. The number of carbonyl (C=O) groups is 1. The quantitative estimate of drug-likeness (QED) is 0.625. The van der Waals surface area contributed by atoms with Gasteiger partial charge in [-0.15, -0.1) is 0 Å². The fourth-order valence-electron chi connectivity index (χ4n) is 1.69. The summed E-state index contributed by atoms with van der Waals surface area (Å²) in [4.78, 5) is 11.9. The Morgan fingerprint density at radius 2 is 1.90 bits per heavy atom. The SMILES string of the molecule is COc1cccc(C(=O)/C=C/c2cccc(F)c2F)c1. The maximum atomic E-state index is 13.4. The van der Waals surface area contributed by atoms with Crippen molar-refractivity contribution in [2.45, 2.75) is 0 Å². The lowest BCUT2D eigenvalue weighted by Gasteiger charge is -2.01. The molecule has 2 rings (SSSR count). The zero-order valence-electron chi connectivity index (χ0n) is 10.8. The van der Waals surface area contributed by atoms with Crippen LogP contribution in [-0.2, 0) is 0 Å². The molecule has 0 heterocycles. The first kappa shape index (κ1) is 13.9. The molecule has 0 fully saturated rings. The summed E-state index contributed by atoms with van der Waals surface area (Å²) < 4.78 is 31.4. The molecule has 0 aromatic heterocycles. The fourth-order valence-corrected chi connectivity index (χ4v) is 1.69. The van der Waals surface area contributed by atoms with Crippen LogP contribution in [-0.4, -0.2) is 12.9 Å². The second-order valence-electron chi connectivity index (χ2n) is 4.07. The minimum Gasteiger partial charge on any atom is -0.497 e. The van der Waals surface area contributed by atoms with Crippen LogP contribution in [0.4, 0.5) is 8.78 Å². The Morgan fingerprint density at radius 3 is 2.65 bits per heavy atom. The Bertz CT molecular complexity index is 663. The first-order chi connectivity index (χ1) is 9.61. The molecule has 0 saturated heterocycles. The number of hydrogen-bond acceptors (Lipinski definition) is 2. The monoisotopic (exact) mass is 274 g/mol. The zero-order valence-corrected chi connectivity index (χ0v) is 10.8. The number of benzene rings is 2. The molecule has 0 radical (unpaired) electrons. The van der Waals surface area contributed by atoms with Crippen molar-refractivity contribution >= 4 is 11.9 Å². The van der Waals surface area contributed by atoms with Gasteiger partial charge in [0.15, 0.2) is 17.4 Å². The van der Waals surface area contributed by atoms with E-state index in [2.05, 4.69) is 0 Å². The third-order valence-electron chi connectivity index (χ3n) is 2.75. The van der Waals surface area contributed by atoms with Gasteiger partial charge in [-0.25, -0.2) is 8.78 Å². The summed E-state index contributed by atoms with van der Waals surface area (Å²) in [5.74, 6) is -1.67. The molecule has 2 aromatic carbocycles. The lowest BCUT2D eigenvalue weighted by molar-refractivity contribution is 0.104. The van der Waals surface area contributed by atoms with Gasteiger partial charge < -0.3 is 4.74 Å². The first-order valence-electron chi connectivity index (χ1n) is 5.92. The maximum Gasteiger partial charge on any atom is 0.185 e. The maximum absolute atomic E-state index is 13.4. The summed E-state index contributed by atoms with van der Waals surface area (Å²) in [6, 6.07) is 10.4. The molecule has 2 nitrogen and oxygen atoms in total. The van der Waals surface area contributed by atoms with E-state index in [9.17, 15) is 13.6 Å². The van der Waals surface area contributed by atoms with Crippen LogP contribution >= 0.6 is 0 Å². The van der Waals surface area contributed by atoms with Gasteiger partial charge in [0.25, 0.3) is 0 Å². The Labute approximate surface area is 115 Å². The van der Waals surface area contributed by atoms with Crippen molar-refractivity contribution in [3.8, 4) is 5.75 Å². The number of ether oxygens (including phenoxy) is 1. The van der Waals surface area contributed by atoms with Crippen LogP contribution in [0.2, 0.25) is 0 Å². The summed E-state index contributed by atoms with van der Waals surface area (Å²) >= 11 is 0. The summed E-state index contributed by atoms with van der Waals surface area (Å²) in [7, 11) is 1.50. The molecule has 0 saturated carbocycles. The average molecular weight is 274 g/mol. The van der Waals surface area contributed by atoms with Crippen LogP contribution in [0.1, 0.15) is 15.9 Å². The molecule has 0 aliphatic carbocycles. The number of halogens is 2. The van der Waals surface area contributed by atoms with Gasteiger partial charge in [0.2, 0.25) is 0 Å². The lowest BCUT2D eigenvalue weighted by atomic mass is 10.1. The average Bonchev–Trinajstić information content (AvgIpc) is 2.48. The minimum atomic E-state index is -0.970. The molecule has 0 spiro atoms. The number of allylic oxidation sites excluding steroid dienone is 1. The number of hydrogen-bond donors (Lipinski definition) is 0. The highest BCUT2D eigenvalue weighted by Crippen LogP contribution is 2.16. The number of carbonyl (C=O) groups excluding carboxylic acids is 1. The molecule has 102 valence electrons. The van der Waals surface area contributed by atoms with Gasteiger partial charge in [-0.05, 0) is 30.4 Å². The third-order valence-corrected chi connectivity index (χ3v) is 2.75. The molecule has 0 unspecified atom stereocenters. The molecule has 0 aliphatic heterocycles. The third kappa shape index (κ3) is 3.09. The fraction of sp³-hybridized carbons (Fsp3) is 0.0625. The van der Waals surface area contributed by atoms with Crippen molar-refractivity contribution in [2.75, 3.05) is 7.11 Å². The second-order valence-corrected chi connectivity index (χ2v) is 4.07. The van der Waals surface area contributed by atoms with Gasteiger partial charge >= 0.3 is 0 Å². The number of methoxy groups -OCH3 is 1. The van der Waals surface area contributed by atoms with E-state index in [-0.39, 0.29) is 11.3 Å². The molecule has 0 N–H and O–H groups in total. The van der Waals surface area contributed by atoms with Crippen LogP contribution in [0.25, 0.3) is 6.08 Å². The van der Waals surface area contributed by atoms with Crippen molar-refractivity contribution in [1.29, 1.82) is 0 Å². The molecular formula is C16H12F2O2. The van der Waals surface area contributed by atoms with Gasteiger partial charge in [0, 0.05) is 11.1 Å². The van der Waals surface area contributed by atoms with Crippen molar-refractivity contribution in [3.05, 3.63) is 71.3 Å². The molecule has 20 heavy (non-hydrogen) atoms. The van der Waals surface area contributed by atoms with Crippen molar-refractivity contribution in [2.24, 2.45) is 0 Å². The highest BCUT2D eigenvalue weighted by atomic mass is 19.2. The molecule has 4 heteroatoms. The van der Waals surface area contributed by atoms with Crippen molar-refractivity contribution in [3.63, 3.8) is 0 Å². The van der Waals surface area contributed by atoms with E-state index in [1.807, 2.05) is 0 Å². The van der Waals surface area contributed by atoms with Crippen molar-refractivity contribution < 1.29 is 18.3 Å². The van der Waals surface area contributed by atoms with E-state index in [1.165, 1.54) is 31.4 Å². The largest absolute Gasteiger partial charge is 0.497 e. The number of ketones is 1. The van der Waals surface area contributed by atoms with Crippen LogP contribution in [0.3, 0.4) is 0 Å². The highest BCUT2D eigenvalue weighted by Gasteiger charge is 2.06. The standard InChI is InChI=1S/C16H12F2O2/c1-20-13-6-2-5-12(10-13)15(19)9-8-11-4-3-7-14(17)16(11)18/h2-10H,1H3/b9-8+. The van der Waals surface area contributed by atoms with Gasteiger partial charge in [-0.3, -0.25) is 4.79 Å². The molecule has 0 aliphatic rings. The van der Waals surface area contributed by atoms with Crippen LogP contribution < -0.4 is 4.74 Å². The molecular weight excluding hydrogens is 262 g/mol. The Morgan fingerprint density at radius 1 is 1.15 bits per heavy atom. The van der Waals surface area contributed by atoms with E-state index in [4.69, 9.17) is 4.74 Å². The van der Waals surface area contributed by atoms with Crippen LogP contribution in [0, 0.1) is 11.6 Å².